The summed E-state index contributed by atoms with van der Waals surface area (Å²) in [4.78, 5) is 11.5. The summed E-state index contributed by atoms with van der Waals surface area (Å²) in [7, 11) is 0. The first-order valence-corrected chi connectivity index (χ1v) is 6.65. The van der Waals surface area contributed by atoms with E-state index in [1.165, 1.54) is 12.8 Å². The summed E-state index contributed by atoms with van der Waals surface area (Å²) in [5.74, 6) is -0.664. The summed E-state index contributed by atoms with van der Waals surface area (Å²) in [6.07, 6.45) is 8.10. The van der Waals surface area contributed by atoms with E-state index in [2.05, 4.69) is 19.2 Å². The summed E-state index contributed by atoms with van der Waals surface area (Å²) in [5.41, 5.74) is -0.668. The predicted octanol–water partition coefficient (Wildman–Crippen LogP) is 2.94. The van der Waals surface area contributed by atoms with Crippen molar-refractivity contribution in [3.05, 3.63) is 0 Å². The molecule has 1 fully saturated rings. The Labute approximate surface area is 98.6 Å². The minimum atomic E-state index is -0.668. The van der Waals surface area contributed by atoms with Crippen molar-refractivity contribution in [2.45, 2.75) is 76.8 Å². The van der Waals surface area contributed by atoms with E-state index in [1.54, 1.807) is 0 Å². The zero-order valence-corrected chi connectivity index (χ0v) is 10.6. The molecule has 1 saturated carbocycles. The van der Waals surface area contributed by atoms with E-state index in [-0.39, 0.29) is 0 Å². The van der Waals surface area contributed by atoms with Gasteiger partial charge in [0.1, 0.15) is 5.54 Å². The fourth-order valence-electron chi connectivity index (χ4n) is 2.86. The second kappa shape index (κ2) is 6.24. The molecule has 0 atom stereocenters. The van der Waals surface area contributed by atoms with Crippen LogP contribution in [0.3, 0.4) is 0 Å². The topological polar surface area (TPSA) is 49.3 Å². The summed E-state index contributed by atoms with van der Waals surface area (Å²) in [5, 5.41) is 12.9. The third-order valence-corrected chi connectivity index (χ3v) is 3.60. The average molecular weight is 227 g/mol. The third kappa shape index (κ3) is 3.21. The quantitative estimate of drug-likeness (QED) is 0.703. The van der Waals surface area contributed by atoms with Crippen LogP contribution >= 0.6 is 0 Å². The van der Waals surface area contributed by atoms with Crippen LogP contribution in [0.5, 0.6) is 0 Å². The van der Waals surface area contributed by atoms with Gasteiger partial charge < -0.3 is 5.11 Å². The molecule has 3 nitrogen and oxygen atoms in total. The van der Waals surface area contributed by atoms with E-state index in [0.717, 1.165) is 38.5 Å². The van der Waals surface area contributed by atoms with Gasteiger partial charge in [-0.3, -0.25) is 10.1 Å². The van der Waals surface area contributed by atoms with Gasteiger partial charge in [-0.25, -0.2) is 0 Å². The van der Waals surface area contributed by atoms with E-state index in [1.807, 2.05) is 0 Å². The number of carboxylic acid groups (broad SMARTS) is 1. The maximum Gasteiger partial charge on any atom is 0.323 e. The second-order valence-electron chi connectivity index (χ2n) is 5.01. The normalized spacial score (nSPS) is 17.9. The Balaban J connectivity index is 2.68. The van der Waals surface area contributed by atoms with Gasteiger partial charge in [0.2, 0.25) is 0 Å². The monoisotopic (exact) mass is 227 g/mol. The van der Waals surface area contributed by atoms with E-state index in [9.17, 15) is 9.90 Å². The highest BCUT2D eigenvalue weighted by molar-refractivity contribution is 5.78. The molecule has 1 rings (SSSR count). The molecule has 0 saturated heterocycles. The Bertz CT molecular complexity index is 216. The van der Waals surface area contributed by atoms with Gasteiger partial charge in [0.15, 0.2) is 0 Å². The van der Waals surface area contributed by atoms with Gasteiger partial charge in [0.25, 0.3) is 0 Å². The minimum absolute atomic E-state index is 0.425. The molecule has 1 aliphatic rings. The Kier molecular flexibility index (Phi) is 5.26. The molecule has 94 valence electrons. The first-order chi connectivity index (χ1) is 7.64. The van der Waals surface area contributed by atoms with E-state index in [4.69, 9.17) is 0 Å². The van der Waals surface area contributed by atoms with Gasteiger partial charge in [0.05, 0.1) is 0 Å². The lowest BCUT2D eigenvalue weighted by atomic mass is 9.87. The van der Waals surface area contributed by atoms with Crippen LogP contribution in [0.1, 0.15) is 65.2 Å². The molecule has 2 N–H and O–H groups in total. The molecule has 1 aliphatic carbocycles. The van der Waals surface area contributed by atoms with Gasteiger partial charge >= 0.3 is 5.97 Å². The molecule has 0 radical (unpaired) electrons. The Morgan fingerprint density at radius 1 is 1.25 bits per heavy atom. The van der Waals surface area contributed by atoms with Crippen LogP contribution in [0.4, 0.5) is 0 Å². The molecular weight excluding hydrogens is 202 g/mol. The van der Waals surface area contributed by atoms with Crippen molar-refractivity contribution >= 4 is 5.97 Å². The largest absolute Gasteiger partial charge is 0.480 e. The first kappa shape index (κ1) is 13.5. The van der Waals surface area contributed by atoms with Crippen molar-refractivity contribution in [1.82, 2.24) is 5.32 Å². The van der Waals surface area contributed by atoms with Crippen LogP contribution in [0.2, 0.25) is 0 Å². The molecule has 0 amide bonds. The second-order valence-corrected chi connectivity index (χ2v) is 5.01. The van der Waals surface area contributed by atoms with Crippen LogP contribution in [-0.4, -0.2) is 22.7 Å². The molecule has 0 aromatic rings. The lowest BCUT2D eigenvalue weighted by Gasteiger charge is -2.33. The number of hydrogen-bond acceptors (Lipinski definition) is 2. The highest BCUT2D eigenvalue weighted by atomic mass is 16.4. The van der Waals surface area contributed by atoms with Crippen LogP contribution < -0.4 is 5.32 Å². The third-order valence-electron chi connectivity index (χ3n) is 3.60. The molecule has 0 unspecified atom stereocenters. The maximum absolute atomic E-state index is 11.5. The molecule has 0 aromatic heterocycles. The number of nitrogens with one attached hydrogen (secondary N) is 1. The van der Waals surface area contributed by atoms with Crippen LogP contribution in [0.25, 0.3) is 0 Å². The van der Waals surface area contributed by atoms with Crippen molar-refractivity contribution < 1.29 is 9.90 Å². The van der Waals surface area contributed by atoms with Crippen molar-refractivity contribution in [2.24, 2.45) is 0 Å². The fourth-order valence-corrected chi connectivity index (χ4v) is 2.86. The maximum atomic E-state index is 11.5. The Hall–Kier alpha value is -0.570. The van der Waals surface area contributed by atoms with Gasteiger partial charge in [-0.2, -0.15) is 0 Å². The zero-order chi connectivity index (χ0) is 12.0. The number of carboxylic acids is 1. The van der Waals surface area contributed by atoms with Gasteiger partial charge in [-0.1, -0.05) is 39.5 Å². The van der Waals surface area contributed by atoms with Crippen LogP contribution in [0.15, 0.2) is 0 Å². The van der Waals surface area contributed by atoms with Gasteiger partial charge in [-0.15, -0.1) is 0 Å². The SMILES string of the molecule is CCCC(CCC)(NC1CCCC1)C(=O)O. The number of rotatable bonds is 7. The number of hydrogen-bond donors (Lipinski definition) is 2. The standard InChI is InChI=1S/C13H25NO2/c1-3-9-13(10-4-2,12(15)16)14-11-7-5-6-8-11/h11,14H,3-10H2,1-2H3,(H,15,16). The van der Waals surface area contributed by atoms with Crippen molar-refractivity contribution in [3.8, 4) is 0 Å². The van der Waals surface area contributed by atoms with Crippen molar-refractivity contribution in [3.63, 3.8) is 0 Å². The summed E-state index contributed by atoms with van der Waals surface area (Å²) in [6.45, 7) is 4.12. The molecule has 0 aromatic carbocycles. The molecule has 3 heteroatoms. The average Bonchev–Trinajstić information content (AvgIpc) is 2.70. The number of carbonyl (C=O) groups is 1. The van der Waals surface area contributed by atoms with Gasteiger partial charge in [0, 0.05) is 6.04 Å². The summed E-state index contributed by atoms with van der Waals surface area (Å²) < 4.78 is 0. The molecular formula is C13H25NO2. The highest BCUT2D eigenvalue weighted by Gasteiger charge is 2.38. The van der Waals surface area contributed by atoms with E-state index >= 15 is 0 Å². The van der Waals surface area contributed by atoms with Crippen molar-refractivity contribution in [1.29, 1.82) is 0 Å². The van der Waals surface area contributed by atoms with Crippen LogP contribution in [0, 0.1) is 0 Å². The van der Waals surface area contributed by atoms with E-state index in [0.29, 0.717) is 6.04 Å². The minimum Gasteiger partial charge on any atom is -0.480 e. The van der Waals surface area contributed by atoms with E-state index < -0.39 is 11.5 Å². The van der Waals surface area contributed by atoms with Crippen LogP contribution in [-0.2, 0) is 4.79 Å². The number of aliphatic carboxylic acids is 1. The molecule has 0 aliphatic heterocycles. The fraction of sp³-hybridized carbons (Fsp3) is 0.923. The molecule has 0 spiro atoms. The summed E-state index contributed by atoms with van der Waals surface area (Å²) >= 11 is 0. The highest BCUT2D eigenvalue weighted by Crippen LogP contribution is 2.26. The smallest absolute Gasteiger partial charge is 0.323 e. The first-order valence-electron chi connectivity index (χ1n) is 6.65. The lowest BCUT2D eigenvalue weighted by Crippen LogP contribution is -2.55. The molecule has 16 heavy (non-hydrogen) atoms. The molecule has 0 bridgehead atoms. The Morgan fingerprint density at radius 2 is 1.75 bits per heavy atom. The van der Waals surface area contributed by atoms with Gasteiger partial charge in [-0.05, 0) is 25.7 Å². The molecule has 0 heterocycles. The summed E-state index contributed by atoms with van der Waals surface area (Å²) in [6, 6.07) is 0.425. The lowest BCUT2D eigenvalue weighted by molar-refractivity contribution is -0.146. The predicted molar refractivity (Wildman–Crippen MR) is 65.6 cm³/mol. The van der Waals surface area contributed by atoms with Crippen molar-refractivity contribution in [2.75, 3.05) is 0 Å². The zero-order valence-electron chi connectivity index (χ0n) is 10.6. The Morgan fingerprint density at radius 3 is 2.12 bits per heavy atom.